The lowest BCUT2D eigenvalue weighted by molar-refractivity contribution is -0.119. The monoisotopic (exact) mass is 346 g/mol. The van der Waals surface area contributed by atoms with Crippen LogP contribution in [0.2, 0.25) is 0 Å². The van der Waals surface area contributed by atoms with E-state index in [0.717, 1.165) is 17.3 Å². The molecule has 1 aromatic carbocycles. The van der Waals surface area contributed by atoms with Crippen molar-refractivity contribution in [3.05, 3.63) is 24.4 Å². The van der Waals surface area contributed by atoms with E-state index in [4.69, 9.17) is 4.74 Å². The van der Waals surface area contributed by atoms with Crippen molar-refractivity contribution in [2.45, 2.75) is 52.7 Å². The van der Waals surface area contributed by atoms with E-state index in [1.807, 2.05) is 19.9 Å². The molecule has 0 aliphatic carbocycles. The molecular formula is C18H26N4O3. The number of carbonyl (C=O) groups is 2. The number of ether oxygens (including phenoxy) is 1. The number of fused-ring (bicyclic) bond motifs is 1. The minimum absolute atomic E-state index is 0.0385. The van der Waals surface area contributed by atoms with Crippen LogP contribution in [0.25, 0.3) is 10.9 Å². The van der Waals surface area contributed by atoms with Crippen LogP contribution in [0.15, 0.2) is 24.4 Å². The van der Waals surface area contributed by atoms with E-state index >= 15 is 0 Å². The smallest absolute Gasteiger partial charge is 0.408 e. The van der Waals surface area contributed by atoms with Gasteiger partial charge in [-0.3, -0.25) is 9.89 Å². The number of nitrogens with zero attached hydrogens (tertiary/aromatic N) is 1. The zero-order valence-corrected chi connectivity index (χ0v) is 15.3. The largest absolute Gasteiger partial charge is 0.444 e. The summed E-state index contributed by atoms with van der Waals surface area (Å²) in [4.78, 5) is 24.7. The number of alkyl carbamates (subject to hydrolysis) is 1. The number of carbonyl (C=O) groups excluding carboxylic acids is 2. The van der Waals surface area contributed by atoms with Gasteiger partial charge in [-0.2, -0.15) is 5.10 Å². The van der Waals surface area contributed by atoms with Crippen molar-refractivity contribution >= 4 is 28.6 Å². The van der Waals surface area contributed by atoms with Gasteiger partial charge in [-0.25, -0.2) is 4.79 Å². The first-order chi connectivity index (χ1) is 11.7. The van der Waals surface area contributed by atoms with Crippen molar-refractivity contribution in [3.63, 3.8) is 0 Å². The molecule has 1 aromatic heterocycles. The van der Waals surface area contributed by atoms with Crippen LogP contribution in [0.4, 0.5) is 10.5 Å². The first-order valence-corrected chi connectivity index (χ1v) is 8.43. The average molecular weight is 346 g/mol. The Hall–Kier alpha value is -2.57. The van der Waals surface area contributed by atoms with Crippen LogP contribution in [0.5, 0.6) is 0 Å². The quantitative estimate of drug-likeness (QED) is 0.772. The van der Waals surface area contributed by atoms with Gasteiger partial charge in [0.2, 0.25) is 5.91 Å². The third kappa shape index (κ3) is 5.20. The second-order valence-corrected chi connectivity index (χ2v) is 7.17. The molecule has 0 saturated carbocycles. The van der Waals surface area contributed by atoms with Gasteiger partial charge in [0.1, 0.15) is 11.6 Å². The zero-order chi connectivity index (χ0) is 18.6. The highest BCUT2D eigenvalue weighted by atomic mass is 16.6. The maximum absolute atomic E-state index is 12.7. The van der Waals surface area contributed by atoms with Crippen molar-refractivity contribution < 1.29 is 14.3 Å². The fourth-order valence-corrected chi connectivity index (χ4v) is 2.37. The molecule has 2 atom stereocenters. The molecule has 0 aliphatic rings. The number of rotatable bonds is 5. The van der Waals surface area contributed by atoms with E-state index in [1.54, 1.807) is 39.1 Å². The number of anilines is 1. The summed E-state index contributed by atoms with van der Waals surface area (Å²) in [5.74, 6) is -0.317. The van der Waals surface area contributed by atoms with Gasteiger partial charge in [0, 0.05) is 11.1 Å². The summed E-state index contributed by atoms with van der Waals surface area (Å²) in [7, 11) is 0. The molecule has 3 N–H and O–H groups in total. The van der Waals surface area contributed by atoms with Gasteiger partial charge >= 0.3 is 6.09 Å². The summed E-state index contributed by atoms with van der Waals surface area (Å²) in [5.41, 5.74) is 0.852. The summed E-state index contributed by atoms with van der Waals surface area (Å²) in [6.07, 6.45) is 1.86. The molecule has 2 aromatic rings. The topological polar surface area (TPSA) is 96.1 Å². The van der Waals surface area contributed by atoms with Gasteiger partial charge in [-0.1, -0.05) is 20.3 Å². The van der Waals surface area contributed by atoms with Gasteiger partial charge < -0.3 is 15.4 Å². The van der Waals surface area contributed by atoms with Crippen molar-refractivity contribution in [3.8, 4) is 0 Å². The highest BCUT2D eigenvalue weighted by Gasteiger charge is 2.28. The second-order valence-electron chi connectivity index (χ2n) is 7.17. The lowest BCUT2D eigenvalue weighted by Crippen LogP contribution is -2.49. The van der Waals surface area contributed by atoms with Crippen LogP contribution >= 0.6 is 0 Å². The number of H-pyrrole nitrogens is 1. The standard InChI is InChI=1S/C18H26N4O3/c1-6-11(2)15(21-17(24)25-18(3,4)5)16(23)20-13-8-7-12-10-19-22-14(12)9-13/h7-11,15H,6H2,1-5H3,(H,19,22)(H,20,23)(H,21,24)/t11?,15-/m0/s1. The molecule has 0 aliphatic heterocycles. The van der Waals surface area contributed by atoms with E-state index < -0.39 is 17.7 Å². The number of amides is 2. The molecule has 0 spiro atoms. The Labute approximate surface area is 147 Å². The fraction of sp³-hybridized carbons (Fsp3) is 0.500. The molecule has 136 valence electrons. The Morgan fingerprint density at radius 3 is 2.68 bits per heavy atom. The average Bonchev–Trinajstić information content (AvgIpc) is 2.97. The maximum Gasteiger partial charge on any atom is 0.408 e. The molecule has 2 rings (SSSR count). The van der Waals surface area contributed by atoms with Crippen molar-refractivity contribution in [1.82, 2.24) is 15.5 Å². The molecule has 1 heterocycles. The highest BCUT2D eigenvalue weighted by Crippen LogP contribution is 2.18. The van der Waals surface area contributed by atoms with Crippen molar-refractivity contribution in [2.75, 3.05) is 5.32 Å². The number of hydrogen-bond donors (Lipinski definition) is 3. The minimum atomic E-state index is -0.683. The van der Waals surface area contributed by atoms with Crippen LogP contribution in [-0.4, -0.2) is 33.8 Å². The molecule has 7 heteroatoms. The first-order valence-electron chi connectivity index (χ1n) is 8.43. The molecule has 7 nitrogen and oxygen atoms in total. The molecule has 1 unspecified atom stereocenters. The number of nitrogens with one attached hydrogen (secondary N) is 3. The number of aromatic nitrogens is 2. The van der Waals surface area contributed by atoms with E-state index in [0.29, 0.717) is 5.69 Å². The Balaban J connectivity index is 2.10. The van der Waals surface area contributed by atoms with Crippen LogP contribution < -0.4 is 10.6 Å². The van der Waals surface area contributed by atoms with Crippen LogP contribution in [0.3, 0.4) is 0 Å². The molecule has 25 heavy (non-hydrogen) atoms. The maximum atomic E-state index is 12.7. The SMILES string of the molecule is CCC(C)[C@H](NC(=O)OC(C)(C)C)C(=O)Nc1ccc2cn[nH]c2c1. The van der Waals surface area contributed by atoms with Gasteiger partial charge in [0.05, 0.1) is 11.7 Å². The van der Waals surface area contributed by atoms with E-state index in [2.05, 4.69) is 20.8 Å². The lowest BCUT2D eigenvalue weighted by Gasteiger charge is -2.26. The van der Waals surface area contributed by atoms with Gasteiger partial charge in [-0.15, -0.1) is 0 Å². The third-order valence-corrected chi connectivity index (χ3v) is 3.88. The van der Waals surface area contributed by atoms with Crippen LogP contribution in [0.1, 0.15) is 41.0 Å². The van der Waals surface area contributed by atoms with Gasteiger partial charge in [0.25, 0.3) is 0 Å². The van der Waals surface area contributed by atoms with E-state index in [9.17, 15) is 9.59 Å². The Bertz CT molecular complexity index is 748. The summed E-state index contributed by atoms with van der Waals surface area (Å²) >= 11 is 0. The Kier molecular flexibility index (Phi) is 5.66. The predicted molar refractivity (Wildman–Crippen MR) is 97.3 cm³/mol. The number of aromatic amines is 1. The normalized spacial score (nSPS) is 14.0. The summed E-state index contributed by atoms with van der Waals surface area (Å²) in [6.45, 7) is 9.23. The fourth-order valence-electron chi connectivity index (χ4n) is 2.37. The van der Waals surface area contributed by atoms with Gasteiger partial charge in [0.15, 0.2) is 0 Å². The molecule has 0 fully saturated rings. The number of hydrogen-bond acceptors (Lipinski definition) is 4. The number of benzene rings is 1. The first kappa shape index (κ1) is 18.8. The third-order valence-electron chi connectivity index (χ3n) is 3.88. The van der Waals surface area contributed by atoms with Crippen LogP contribution in [-0.2, 0) is 9.53 Å². The zero-order valence-electron chi connectivity index (χ0n) is 15.3. The van der Waals surface area contributed by atoms with Gasteiger partial charge in [-0.05, 0) is 44.9 Å². The molecule has 2 amide bonds. The van der Waals surface area contributed by atoms with E-state index in [1.165, 1.54) is 0 Å². The predicted octanol–water partition coefficient (Wildman–Crippen LogP) is 3.44. The highest BCUT2D eigenvalue weighted by molar-refractivity contribution is 5.98. The Morgan fingerprint density at radius 1 is 1.32 bits per heavy atom. The summed E-state index contributed by atoms with van der Waals surface area (Å²) in [6, 6.07) is 4.80. The Morgan fingerprint density at radius 2 is 2.04 bits per heavy atom. The van der Waals surface area contributed by atoms with Crippen molar-refractivity contribution in [2.24, 2.45) is 5.92 Å². The summed E-state index contributed by atoms with van der Waals surface area (Å²) < 4.78 is 5.27. The summed E-state index contributed by atoms with van der Waals surface area (Å²) in [5, 5.41) is 13.3. The lowest BCUT2D eigenvalue weighted by atomic mass is 9.98. The van der Waals surface area contributed by atoms with E-state index in [-0.39, 0.29) is 11.8 Å². The molecular weight excluding hydrogens is 320 g/mol. The minimum Gasteiger partial charge on any atom is -0.444 e. The molecule has 0 radical (unpaired) electrons. The molecule has 0 bridgehead atoms. The van der Waals surface area contributed by atoms with Crippen LogP contribution in [0, 0.1) is 5.92 Å². The van der Waals surface area contributed by atoms with Crippen molar-refractivity contribution in [1.29, 1.82) is 0 Å². The second kappa shape index (κ2) is 7.55. The molecule has 0 saturated heterocycles.